The number of hydrogen-bond donors (Lipinski definition) is 0. The van der Waals surface area contributed by atoms with E-state index in [1.807, 2.05) is 17.8 Å². The molecule has 5 nitrogen and oxygen atoms in total. The summed E-state index contributed by atoms with van der Waals surface area (Å²) >= 11 is 0. The number of nitrogens with zero attached hydrogens (tertiary/aromatic N) is 4. The highest BCUT2D eigenvalue weighted by Gasteiger charge is 2.33. The second kappa shape index (κ2) is 5.80. The van der Waals surface area contributed by atoms with E-state index in [2.05, 4.69) is 40.7 Å². The van der Waals surface area contributed by atoms with E-state index in [9.17, 15) is 4.79 Å². The Balaban J connectivity index is 1.56. The second-order valence-electron chi connectivity index (χ2n) is 7.42. The van der Waals surface area contributed by atoms with E-state index in [0.717, 1.165) is 37.2 Å². The summed E-state index contributed by atoms with van der Waals surface area (Å²) in [7, 11) is 0. The molecule has 1 amide bonds. The number of rotatable bonds is 4. The van der Waals surface area contributed by atoms with E-state index < -0.39 is 0 Å². The minimum absolute atomic E-state index is 0.196. The molecule has 0 aromatic carbocycles. The molecular formula is C19H26N4O. The van der Waals surface area contributed by atoms with Gasteiger partial charge in [0.1, 0.15) is 0 Å². The average molecular weight is 326 g/mol. The van der Waals surface area contributed by atoms with Gasteiger partial charge >= 0.3 is 0 Å². The topological polar surface area (TPSA) is 43.1 Å². The zero-order valence-electron chi connectivity index (χ0n) is 14.8. The van der Waals surface area contributed by atoms with Gasteiger partial charge in [-0.2, -0.15) is 5.10 Å². The predicted molar refractivity (Wildman–Crippen MR) is 93.2 cm³/mol. The van der Waals surface area contributed by atoms with Gasteiger partial charge in [0.25, 0.3) is 5.91 Å². The lowest BCUT2D eigenvalue weighted by molar-refractivity contribution is 0.0721. The molecule has 1 saturated heterocycles. The Kier molecular flexibility index (Phi) is 3.74. The molecule has 0 spiro atoms. The normalized spacial score (nSPS) is 20.8. The Morgan fingerprint density at radius 3 is 2.71 bits per heavy atom. The summed E-state index contributed by atoms with van der Waals surface area (Å²) in [6, 6.07) is 2.96. The van der Waals surface area contributed by atoms with Gasteiger partial charge in [0.05, 0.1) is 24.3 Å². The highest BCUT2D eigenvalue weighted by Crippen LogP contribution is 2.38. The molecule has 3 heterocycles. The van der Waals surface area contributed by atoms with Gasteiger partial charge in [0, 0.05) is 30.2 Å². The van der Waals surface area contributed by atoms with Crippen LogP contribution in [0.1, 0.15) is 59.0 Å². The average Bonchev–Trinajstić information content (AvgIpc) is 2.99. The van der Waals surface area contributed by atoms with Crippen molar-refractivity contribution in [3.8, 4) is 0 Å². The van der Waals surface area contributed by atoms with Gasteiger partial charge < -0.3 is 9.47 Å². The lowest BCUT2D eigenvalue weighted by Crippen LogP contribution is -2.38. The molecule has 2 aromatic rings. The number of aryl methyl sites for hydroxylation is 2. The van der Waals surface area contributed by atoms with Crippen LogP contribution in [-0.2, 0) is 6.54 Å². The summed E-state index contributed by atoms with van der Waals surface area (Å²) in [6.07, 6.45) is 8.57. The van der Waals surface area contributed by atoms with E-state index in [0.29, 0.717) is 6.04 Å². The molecule has 0 radical (unpaired) electrons. The molecule has 128 valence electrons. The van der Waals surface area contributed by atoms with Crippen LogP contribution in [0.4, 0.5) is 0 Å². The third kappa shape index (κ3) is 2.66. The Hall–Kier alpha value is -2.04. The minimum atomic E-state index is 0.196. The van der Waals surface area contributed by atoms with Crippen LogP contribution in [0.3, 0.4) is 0 Å². The first kappa shape index (κ1) is 15.5. The number of carbonyl (C=O) groups excluding carboxylic acids is 1. The molecular weight excluding hydrogens is 300 g/mol. The maximum atomic E-state index is 13.2. The monoisotopic (exact) mass is 326 g/mol. The van der Waals surface area contributed by atoms with Crippen LogP contribution in [0.25, 0.3) is 0 Å². The van der Waals surface area contributed by atoms with E-state index in [1.165, 1.54) is 24.1 Å². The fourth-order valence-corrected chi connectivity index (χ4v) is 4.12. The van der Waals surface area contributed by atoms with Crippen molar-refractivity contribution in [2.45, 2.75) is 65.1 Å². The van der Waals surface area contributed by atoms with Crippen molar-refractivity contribution in [3.05, 3.63) is 41.0 Å². The lowest BCUT2D eigenvalue weighted by atomic mass is 10.1. The van der Waals surface area contributed by atoms with Gasteiger partial charge in [-0.3, -0.25) is 9.48 Å². The molecule has 1 saturated carbocycles. The molecule has 0 bridgehead atoms. The van der Waals surface area contributed by atoms with Crippen molar-refractivity contribution in [3.63, 3.8) is 0 Å². The number of carbonyl (C=O) groups is 1. The van der Waals surface area contributed by atoms with Gasteiger partial charge in [-0.1, -0.05) is 0 Å². The molecule has 2 aliphatic rings. The minimum Gasteiger partial charge on any atom is -0.345 e. The molecule has 0 N–H and O–H groups in total. The van der Waals surface area contributed by atoms with E-state index >= 15 is 0 Å². The summed E-state index contributed by atoms with van der Waals surface area (Å²) in [5.41, 5.74) is 4.42. The lowest BCUT2D eigenvalue weighted by Gasteiger charge is -2.25. The van der Waals surface area contributed by atoms with Crippen molar-refractivity contribution in [1.82, 2.24) is 19.2 Å². The van der Waals surface area contributed by atoms with Crippen molar-refractivity contribution >= 4 is 5.91 Å². The van der Waals surface area contributed by atoms with Crippen molar-refractivity contribution < 1.29 is 4.79 Å². The Labute approximate surface area is 143 Å². The molecule has 5 heteroatoms. The van der Waals surface area contributed by atoms with Crippen LogP contribution in [-0.4, -0.2) is 37.7 Å². The Morgan fingerprint density at radius 2 is 2.04 bits per heavy atom. The highest BCUT2D eigenvalue weighted by atomic mass is 16.2. The molecule has 1 atom stereocenters. The Bertz CT molecular complexity index is 768. The van der Waals surface area contributed by atoms with Crippen LogP contribution in [0.5, 0.6) is 0 Å². The first-order chi connectivity index (χ1) is 11.5. The smallest absolute Gasteiger partial charge is 0.255 e. The summed E-state index contributed by atoms with van der Waals surface area (Å²) in [4.78, 5) is 15.2. The van der Waals surface area contributed by atoms with Crippen LogP contribution in [0.15, 0.2) is 18.5 Å². The summed E-state index contributed by atoms with van der Waals surface area (Å²) in [5.74, 6) is 0.196. The second-order valence-corrected chi connectivity index (χ2v) is 7.42. The van der Waals surface area contributed by atoms with E-state index in [4.69, 9.17) is 0 Å². The third-order valence-corrected chi connectivity index (χ3v) is 5.42. The molecule has 0 unspecified atom stereocenters. The first-order valence-electron chi connectivity index (χ1n) is 9.03. The van der Waals surface area contributed by atoms with Crippen LogP contribution < -0.4 is 0 Å². The fourth-order valence-electron chi connectivity index (χ4n) is 4.12. The van der Waals surface area contributed by atoms with Crippen molar-refractivity contribution in [1.29, 1.82) is 0 Å². The fraction of sp³-hybridized carbons (Fsp3) is 0.579. The van der Waals surface area contributed by atoms with Crippen LogP contribution >= 0.6 is 0 Å². The molecule has 1 aliphatic heterocycles. The zero-order valence-corrected chi connectivity index (χ0v) is 14.8. The molecule has 4 rings (SSSR count). The summed E-state index contributed by atoms with van der Waals surface area (Å²) in [5, 5.41) is 4.39. The standard InChI is InChI=1S/C19H26N4O/c1-13-10-20-21(11-13)12-17-5-4-8-22(17)19(24)18-9-14(2)23(15(18)3)16-6-7-16/h9-11,16-17H,4-8,12H2,1-3H3/t17-/m0/s1. The highest BCUT2D eigenvalue weighted by molar-refractivity contribution is 5.96. The van der Waals surface area contributed by atoms with Gasteiger partial charge in [0.15, 0.2) is 0 Å². The van der Waals surface area contributed by atoms with E-state index in [-0.39, 0.29) is 11.9 Å². The van der Waals surface area contributed by atoms with Gasteiger partial charge in [-0.15, -0.1) is 0 Å². The SMILES string of the molecule is Cc1cnn(C[C@@H]2CCCN2C(=O)c2cc(C)n(C3CC3)c2C)c1. The zero-order chi connectivity index (χ0) is 16.8. The number of likely N-dealkylation sites (tertiary alicyclic amines) is 1. The quantitative estimate of drug-likeness (QED) is 0.865. The molecule has 24 heavy (non-hydrogen) atoms. The largest absolute Gasteiger partial charge is 0.345 e. The van der Waals surface area contributed by atoms with Gasteiger partial charge in [-0.25, -0.2) is 0 Å². The Morgan fingerprint density at radius 1 is 1.25 bits per heavy atom. The number of aromatic nitrogens is 3. The van der Waals surface area contributed by atoms with Crippen molar-refractivity contribution in [2.75, 3.05) is 6.54 Å². The van der Waals surface area contributed by atoms with Crippen LogP contribution in [0.2, 0.25) is 0 Å². The first-order valence-corrected chi connectivity index (χ1v) is 9.03. The molecule has 1 aliphatic carbocycles. The van der Waals surface area contributed by atoms with Crippen LogP contribution in [0, 0.1) is 20.8 Å². The van der Waals surface area contributed by atoms with Crippen molar-refractivity contribution in [2.24, 2.45) is 0 Å². The summed E-state index contributed by atoms with van der Waals surface area (Å²) in [6.45, 7) is 7.92. The predicted octanol–water partition coefficient (Wildman–Crippen LogP) is 3.25. The summed E-state index contributed by atoms with van der Waals surface area (Å²) < 4.78 is 4.33. The molecule has 2 aromatic heterocycles. The maximum Gasteiger partial charge on any atom is 0.255 e. The number of amides is 1. The van der Waals surface area contributed by atoms with E-state index in [1.54, 1.807) is 0 Å². The molecule has 2 fully saturated rings. The third-order valence-electron chi connectivity index (χ3n) is 5.42. The number of hydrogen-bond acceptors (Lipinski definition) is 2. The van der Waals surface area contributed by atoms with Gasteiger partial charge in [0.2, 0.25) is 0 Å². The van der Waals surface area contributed by atoms with Gasteiger partial charge in [-0.05, 0) is 58.1 Å². The maximum absolute atomic E-state index is 13.2.